The first-order valence-corrected chi connectivity index (χ1v) is 5.94. The van der Waals surface area contributed by atoms with E-state index < -0.39 is 4.92 Å². The molecule has 2 aromatic rings. The maximum atomic E-state index is 11.2. The van der Waals surface area contributed by atoms with Crippen molar-refractivity contribution >= 4 is 23.3 Å². The van der Waals surface area contributed by atoms with Crippen molar-refractivity contribution in [3.8, 4) is 0 Å². The van der Waals surface area contributed by atoms with Gasteiger partial charge in [-0.1, -0.05) is 24.3 Å². The summed E-state index contributed by atoms with van der Waals surface area (Å²) >= 11 is 0. The molecule has 6 heteroatoms. The third-order valence-corrected chi connectivity index (χ3v) is 2.92. The van der Waals surface area contributed by atoms with Crippen LogP contribution in [0, 0.1) is 10.1 Å². The highest BCUT2D eigenvalue weighted by Gasteiger charge is 2.18. The second-order valence-corrected chi connectivity index (χ2v) is 4.18. The van der Waals surface area contributed by atoms with Crippen molar-refractivity contribution in [3.63, 3.8) is 0 Å². The van der Waals surface area contributed by atoms with Crippen molar-refractivity contribution in [1.82, 2.24) is 0 Å². The summed E-state index contributed by atoms with van der Waals surface area (Å²) in [4.78, 5) is 12.6. The molecule has 0 aromatic heterocycles. The average molecular weight is 270 g/mol. The second-order valence-electron chi connectivity index (χ2n) is 4.18. The van der Waals surface area contributed by atoms with Crippen LogP contribution in [0.3, 0.4) is 0 Å². The maximum absolute atomic E-state index is 11.2. The van der Waals surface area contributed by atoms with E-state index in [0.29, 0.717) is 11.3 Å². The normalized spacial score (nSPS) is 10.7. The first-order valence-electron chi connectivity index (χ1n) is 5.94. The van der Waals surface area contributed by atoms with E-state index in [1.54, 1.807) is 24.1 Å². The minimum absolute atomic E-state index is 0.00810. The minimum Gasteiger partial charge on any atom is -0.339 e. The van der Waals surface area contributed by atoms with Gasteiger partial charge in [0.2, 0.25) is 0 Å². The quantitative estimate of drug-likeness (QED) is 0.400. The molecule has 102 valence electrons. The molecule has 20 heavy (non-hydrogen) atoms. The molecule has 0 radical (unpaired) electrons. The van der Waals surface area contributed by atoms with Crippen LogP contribution in [0.4, 0.5) is 17.1 Å². The molecule has 0 saturated heterocycles. The highest BCUT2D eigenvalue weighted by Crippen LogP contribution is 2.32. The number of hydrogen-bond acceptors (Lipinski definition) is 5. The molecule has 0 saturated carbocycles. The molecule has 2 N–H and O–H groups in total. The van der Waals surface area contributed by atoms with Gasteiger partial charge in [0, 0.05) is 24.4 Å². The summed E-state index contributed by atoms with van der Waals surface area (Å²) in [6.45, 7) is 0. The minimum atomic E-state index is -0.414. The van der Waals surface area contributed by atoms with Gasteiger partial charge >= 0.3 is 0 Å². The molecule has 0 aliphatic carbocycles. The van der Waals surface area contributed by atoms with E-state index in [0.717, 1.165) is 5.69 Å². The van der Waals surface area contributed by atoms with E-state index in [1.165, 1.54) is 12.3 Å². The Morgan fingerprint density at radius 2 is 1.95 bits per heavy atom. The summed E-state index contributed by atoms with van der Waals surface area (Å²) in [7, 11) is 1.79. The fourth-order valence-corrected chi connectivity index (χ4v) is 1.93. The first-order chi connectivity index (χ1) is 9.63. The number of benzene rings is 2. The maximum Gasteiger partial charge on any atom is 0.293 e. The summed E-state index contributed by atoms with van der Waals surface area (Å²) in [5.41, 5.74) is 1.98. The van der Waals surface area contributed by atoms with Crippen molar-refractivity contribution in [3.05, 3.63) is 64.2 Å². The van der Waals surface area contributed by atoms with Crippen LogP contribution in [0.15, 0.2) is 53.6 Å². The number of nitrogens with zero attached hydrogens (tertiary/aromatic N) is 3. The van der Waals surface area contributed by atoms with E-state index in [2.05, 4.69) is 5.10 Å². The number of hydrazone groups is 1. The summed E-state index contributed by atoms with van der Waals surface area (Å²) in [5.74, 6) is 5.06. The van der Waals surface area contributed by atoms with Gasteiger partial charge in [-0.15, -0.1) is 0 Å². The predicted molar refractivity (Wildman–Crippen MR) is 79.4 cm³/mol. The molecule has 0 aliphatic heterocycles. The van der Waals surface area contributed by atoms with Crippen LogP contribution >= 0.6 is 0 Å². The fourth-order valence-electron chi connectivity index (χ4n) is 1.93. The van der Waals surface area contributed by atoms with Gasteiger partial charge in [-0.3, -0.25) is 10.1 Å². The van der Waals surface area contributed by atoms with E-state index in [9.17, 15) is 10.1 Å². The number of anilines is 2. The molecular formula is C14H14N4O2. The monoisotopic (exact) mass is 270 g/mol. The molecular weight excluding hydrogens is 256 g/mol. The molecule has 0 unspecified atom stereocenters. The standard InChI is InChI=1S/C14H14N4O2/c1-17(12-5-3-2-4-6-12)13-8-7-11(10-16-15)9-14(13)18(19)20/h2-10H,15H2,1H3/b16-10-. The highest BCUT2D eigenvalue weighted by atomic mass is 16.6. The van der Waals surface area contributed by atoms with Crippen LogP contribution < -0.4 is 10.7 Å². The van der Waals surface area contributed by atoms with Gasteiger partial charge in [0.1, 0.15) is 5.69 Å². The van der Waals surface area contributed by atoms with E-state index in [4.69, 9.17) is 5.84 Å². The summed E-state index contributed by atoms with van der Waals surface area (Å²) in [6, 6.07) is 14.3. The van der Waals surface area contributed by atoms with E-state index in [-0.39, 0.29) is 5.69 Å². The number of nitro groups is 1. The summed E-state index contributed by atoms with van der Waals surface area (Å²) in [5, 5.41) is 14.6. The van der Waals surface area contributed by atoms with E-state index >= 15 is 0 Å². The van der Waals surface area contributed by atoms with Gasteiger partial charge in [0.15, 0.2) is 0 Å². The van der Waals surface area contributed by atoms with Crippen molar-refractivity contribution in [1.29, 1.82) is 0 Å². The average Bonchev–Trinajstić information content (AvgIpc) is 2.47. The SMILES string of the molecule is CN(c1ccccc1)c1ccc(/C=N\N)cc1[N+](=O)[O-]. The Kier molecular flexibility index (Phi) is 3.95. The van der Waals surface area contributed by atoms with Crippen molar-refractivity contribution in [2.24, 2.45) is 10.9 Å². The van der Waals surface area contributed by atoms with Gasteiger partial charge in [-0.2, -0.15) is 5.10 Å². The predicted octanol–water partition coefficient (Wildman–Crippen LogP) is 2.66. The van der Waals surface area contributed by atoms with Gasteiger partial charge in [-0.25, -0.2) is 0 Å². The largest absolute Gasteiger partial charge is 0.339 e. The third kappa shape index (κ3) is 2.74. The molecule has 0 bridgehead atoms. The number of rotatable bonds is 4. The number of nitrogens with two attached hydrogens (primary N) is 1. The smallest absolute Gasteiger partial charge is 0.293 e. The number of nitro benzene ring substituents is 1. The van der Waals surface area contributed by atoms with Crippen LogP contribution in [-0.4, -0.2) is 18.2 Å². The molecule has 0 spiro atoms. The molecule has 0 heterocycles. The van der Waals surface area contributed by atoms with Crippen molar-refractivity contribution < 1.29 is 4.92 Å². The zero-order valence-electron chi connectivity index (χ0n) is 10.9. The molecule has 2 rings (SSSR count). The van der Waals surface area contributed by atoms with Gasteiger partial charge < -0.3 is 10.7 Å². The Labute approximate surface area is 116 Å². The zero-order chi connectivity index (χ0) is 14.5. The van der Waals surface area contributed by atoms with Gasteiger partial charge in [0.05, 0.1) is 11.1 Å². The lowest BCUT2D eigenvalue weighted by Crippen LogP contribution is -2.11. The van der Waals surface area contributed by atoms with Crippen LogP contribution in [-0.2, 0) is 0 Å². The van der Waals surface area contributed by atoms with Crippen LogP contribution in [0.2, 0.25) is 0 Å². The summed E-state index contributed by atoms with van der Waals surface area (Å²) in [6.07, 6.45) is 1.37. The van der Waals surface area contributed by atoms with Crippen LogP contribution in [0.5, 0.6) is 0 Å². The zero-order valence-corrected chi connectivity index (χ0v) is 10.9. The Balaban J connectivity index is 2.48. The van der Waals surface area contributed by atoms with Crippen molar-refractivity contribution in [2.45, 2.75) is 0 Å². The van der Waals surface area contributed by atoms with Crippen LogP contribution in [0.1, 0.15) is 5.56 Å². The lowest BCUT2D eigenvalue weighted by Gasteiger charge is -2.19. The third-order valence-electron chi connectivity index (χ3n) is 2.92. The molecule has 2 aromatic carbocycles. The topological polar surface area (TPSA) is 84.8 Å². The number of para-hydroxylation sites is 1. The Hall–Kier alpha value is -2.89. The Morgan fingerprint density at radius 3 is 2.55 bits per heavy atom. The van der Waals surface area contributed by atoms with Crippen molar-refractivity contribution in [2.75, 3.05) is 11.9 Å². The van der Waals surface area contributed by atoms with Crippen LogP contribution in [0.25, 0.3) is 0 Å². The highest BCUT2D eigenvalue weighted by molar-refractivity contribution is 5.84. The second kappa shape index (κ2) is 5.83. The van der Waals surface area contributed by atoms with Gasteiger partial charge in [-0.05, 0) is 18.2 Å². The van der Waals surface area contributed by atoms with E-state index in [1.807, 2.05) is 30.3 Å². The molecule has 0 aliphatic rings. The molecule has 0 fully saturated rings. The molecule has 6 nitrogen and oxygen atoms in total. The molecule has 0 amide bonds. The number of hydrogen-bond donors (Lipinski definition) is 1. The Morgan fingerprint density at radius 1 is 1.25 bits per heavy atom. The lowest BCUT2D eigenvalue weighted by atomic mass is 10.1. The van der Waals surface area contributed by atoms with Gasteiger partial charge in [0.25, 0.3) is 5.69 Å². The fraction of sp³-hybridized carbons (Fsp3) is 0.0714. The summed E-state index contributed by atoms with van der Waals surface area (Å²) < 4.78 is 0. The molecule has 0 atom stereocenters. The lowest BCUT2D eigenvalue weighted by molar-refractivity contribution is -0.384. The first kappa shape index (κ1) is 13.5. The Bertz CT molecular complexity index is 641.